The van der Waals surface area contributed by atoms with E-state index in [1.54, 1.807) is 5.10 Å². The maximum Gasteiger partial charge on any atom is 0.707 e. The highest BCUT2D eigenvalue weighted by molar-refractivity contribution is 6.33. The van der Waals surface area contributed by atoms with Crippen molar-refractivity contribution in [2.75, 3.05) is 0 Å². The van der Waals surface area contributed by atoms with Crippen LogP contribution in [0.2, 0.25) is 0 Å². The van der Waals surface area contributed by atoms with Gasteiger partial charge in [-0.2, -0.15) is 18.3 Å². The van der Waals surface area contributed by atoms with E-state index in [1.165, 1.54) is 0 Å². The van der Waals surface area contributed by atoms with Crippen LogP contribution in [0.25, 0.3) is 0 Å². The van der Waals surface area contributed by atoms with Crippen molar-refractivity contribution in [1.82, 2.24) is 10.2 Å². The maximum atomic E-state index is 12.0. The molecule has 0 aromatic carbocycles. The summed E-state index contributed by atoms with van der Waals surface area (Å²) < 4.78 is 40.1. The van der Waals surface area contributed by atoms with E-state index in [0.29, 0.717) is 6.20 Å². The first kappa shape index (κ1) is 9.87. The van der Waals surface area contributed by atoms with Gasteiger partial charge in [-0.15, -0.1) is 0 Å². The van der Waals surface area contributed by atoms with E-state index in [4.69, 9.17) is 10.0 Å². The van der Waals surface area contributed by atoms with Crippen molar-refractivity contribution in [1.29, 1.82) is 0 Å². The van der Waals surface area contributed by atoms with E-state index in [0.717, 1.165) is 0 Å². The van der Waals surface area contributed by atoms with Gasteiger partial charge in [0.1, 0.15) is 0 Å². The van der Waals surface area contributed by atoms with E-state index < -0.39 is 24.9 Å². The molecule has 9 heteroatoms. The summed E-state index contributed by atoms with van der Waals surface area (Å²) in [5.41, 5.74) is -1.26. The highest BCUT2D eigenvalue weighted by Gasteiger charge is 2.37. The Bertz CT molecular complexity index is 286. The van der Waals surface area contributed by atoms with Crippen LogP contribution < -0.4 is 4.65 Å². The number of hydrogen-bond acceptors (Lipinski definition) is 4. The van der Waals surface area contributed by atoms with Crippen molar-refractivity contribution < 1.29 is 27.9 Å². The molecule has 0 aliphatic rings. The molecular weight excluding hydrogens is 192 g/mol. The van der Waals surface area contributed by atoms with Crippen molar-refractivity contribution in [3.8, 4) is 5.75 Å². The molecule has 3 N–H and O–H groups in total. The van der Waals surface area contributed by atoms with Crippen molar-refractivity contribution in [2.45, 2.75) is 6.18 Å². The molecule has 13 heavy (non-hydrogen) atoms. The molecule has 0 spiro atoms. The monoisotopic (exact) mass is 196 g/mol. The second-order valence-electron chi connectivity index (χ2n) is 2.05. The minimum absolute atomic E-state index is 0.697. The van der Waals surface area contributed by atoms with E-state index in [9.17, 15) is 13.2 Å². The number of nitrogens with one attached hydrogen (secondary N) is 1. The third-order valence-electron chi connectivity index (χ3n) is 1.12. The lowest BCUT2D eigenvalue weighted by atomic mass is 10.2. The van der Waals surface area contributed by atoms with Crippen LogP contribution >= 0.6 is 0 Å². The molecule has 1 rings (SSSR count). The van der Waals surface area contributed by atoms with Gasteiger partial charge < -0.3 is 14.7 Å². The molecule has 0 saturated carbocycles. The molecule has 0 aliphatic heterocycles. The highest BCUT2D eigenvalue weighted by Crippen LogP contribution is 2.33. The lowest BCUT2D eigenvalue weighted by Crippen LogP contribution is -2.22. The van der Waals surface area contributed by atoms with Gasteiger partial charge in [0.15, 0.2) is 11.4 Å². The smallest absolute Gasteiger partial charge is 0.509 e. The molecule has 1 aromatic heterocycles. The van der Waals surface area contributed by atoms with Gasteiger partial charge in [-0.3, -0.25) is 5.10 Å². The molecule has 0 atom stereocenters. The van der Waals surface area contributed by atoms with Crippen LogP contribution in [0.15, 0.2) is 6.20 Å². The molecule has 5 nitrogen and oxygen atoms in total. The summed E-state index contributed by atoms with van der Waals surface area (Å²) >= 11 is 0. The summed E-state index contributed by atoms with van der Waals surface area (Å²) in [6.45, 7) is 0. The molecule has 0 saturated heterocycles. The Labute approximate surface area is 70.3 Å². The largest absolute Gasteiger partial charge is 0.707 e. The average Bonchev–Trinajstić information content (AvgIpc) is 2.31. The van der Waals surface area contributed by atoms with Gasteiger partial charge in [0.2, 0.25) is 0 Å². The Balaban J connectivity index is 2.90. The summed E-state index contributed by atoms with van der Waals surface area (Å²) in [5, 5.41) is 21.2. The minimum Gasteiger partial charge on any atom is -0.509 e. The van der Waals surface area contributed by atoms with E-state index in [-0.39, 0.29) is 0 Å². The molecule has 1 aromatic rings. The zero-order valence-electron chi connectivity index (χ0n) is 6.04. The molecule has 0 fully saturated rings. The predicted molar refractivity (Wildman–Crippen MR) is 34.4 cm³/mol. The van der Waals surface area contributed by atoms with Gasteiger partial charge in [-0.1, -0.05) is 0 Å². The van der Waals surface area contributed by atoms with Gasteiger partial charge in [0.05, 0.1) is 6.20 Å². The molecule has 1 heterocycles. The first-order chi connectivity index (χ1) is 5.91. The van der Waals surface area contributed by atoms with Crippen LogP contribution in [0.5, 0.6) is 5.75 Å². The van der Waals surface area contributed by atoms with Crippen LogP contribution in [0, 0.1) is 0 Å². The van der Waals surface area contributed by atoms with Gasteiger partial charge in [-0.05, 0) is 0 Å². The Hall–Kier alpha value is -1.22. The number of halogens is 3. The fourth-order valence-corrected chi connectivity index (χ4v) is 0.681. The molecule has 0 radical (unpaired) electrons. The maximum absolute atomic E-state index is 12.0. The zero-order valence-corrected chi connectivity index (χ0v) is 6.04. The Morgan fingerprint density at radius 1 is 1.46 bits per heavy atom. The SMILES string of the molecule is OB(O)Oc1cn[nH]c1C(F)(F)F. The lowest BCUT2D eigenvalue weighted by molar-refractivity contribution is -0.142. The fraction of sp³-hybridized carbons (Fsp3) is 0.250. The summed E-state index contributed by atoms with van der Waals surface area (Å²) in [6.07, 6.45) is -3.97. The molecule has 0 unspecified atom stereocenters. The topological polar surface area (TPSA) is 78.4 Å². The molecular formula is C4H4BF3N2O3. The molecule has 72 valence electrons. The molecule has 0 aliphatic carbocycles. The Morgan fingerprint density at radius 2 is 2.08 bits per heavy atom. The summed E-state index contributed by atoms with van der Waals surface area (Å²) in [6, 6.07) is 0. The predicted octanol–water partition coefficient (Wildman–Crippen LogP) is -0.223. The zero-order chi connectivity index (χ0) is 10.1. The Kier molecular flexibility index (Phi) is 2.48. The average molecular weight is 196 g/mol. The lowest BCUT2D eigenvalue weighted by Gasteiger charge is -2.07. The number of hydrogen-bond donors (Lipinski definition) is 3. The summed E-state index contributed by atoms with van der Waals surface area (Å²) in [5.74, 6) is -0.762. The number of alkyl halides is 3. The number of aromatic nitrogens is 2. The van der Waals surface area contributed by atoms with Crippen LogP contribution in [-0.4, -0.2) is 27.6 Å². The standard InChI is InChI=1S/C4H4BF3N2O3/c6-4(7,8)3-2(1-9-10-3)13-5(11)12/h1,11-12H,(H,9,10). The highest BCUT2D eigenvalue weighted by atomic mass is 19.4. The quantitative estimate of drug-likeness (QED) is 0.571. The molecule has 0 amide bonds. The van der Waals surface area contributed by atoms with E-state index in [1.807, 2.05) is 0 Å². The van der Waals surface area contributed by atoms with Gasteiger partial charge >= 0.3 is 13.5 Å². The number of aromatic amines is 1. The van der Waals surface area contributed by atoms with Crippen molar-refractivity contribution in [3.63, 3.8) is 0 Å². The van der Waals surface area contributed by atoms with Crippen LogP contribution in [0.1, 0.15) is 5.69 Å². The third-order valence-corrected chi connectivity index (χ3v) is 1.12. The Morgan fingerprint density at radius 3 is 2.54 bits per heavy atom. The first-order valence-corrected chi connectivity index (χ1v) is 3.04. The van der Waals surface area contributed by atoms with Crippen LogP contribution in [-0.2, 0) is 6.18 Å². The molecule has 0 bridgehead atoms. The third kappa shape index (κ3) is 2.36. The second kappa shape index (κ2) is 3.26. The van der Waals surface area contributed by atoms with Gasteiger partial charge in [-0.25, -0.2) is 0 Å². The van der Waals surface area contributed by atoms with E-state index >= 15 is 0 Å². The van der Waals surface area contributed by atoms with Crippen molar-refractivity contribution >= 4 is 7.32 Å². The number of nitrogens with zero attached hydrogens (tertiary/aromatic N) is 1. The fourth-order valence-electron chi connectivity index (χ4n) is 0.681. The summed E-state index contributed by atoms with van der Waals surface area (Å²) in [4.78, 5) is 0. The van der Waals surface area contributed by atoms with Gasteiger partial charge in [0.25, 0.3) is 0 Å². The van der Waals surface area contributed by atoms with Gasteiger partial charge in [0, 0.05) is 0 Å². The van der Waals surface area contributed by atoms with Crippen molar-refractivity contribution in [2.24, 2.45) is 0 Å². The number of rotatable bonds is 2. The number of H-pyrrole nitrogens is 1. The van der Waals surface area contributed by atoms with Crippen LogP contribution in [0.3, 0.4) is 0 Å². The first-order valence-electron chi connectivity index (χ1n) is 3.04. The normalized spacial score (nSPS) is 11.5. The van der Waals surface area contributed by atoms with Crippen LogP contribution in [0.4, 0.5) is 13.2 Å². The summed E-state index contributed by atoms with van der Waals surface area (Å²) in [7, 11) is -2.31. The second-order valence-corrected chi connectivity index (χ2v) is 2.05. The minimum atomic E-state index is -4.67. The van der Waals surface area contributed by atoms with E-state index in [2.05, 4.69) is 9.75 Å². The van der Waals surface area contributed by atoms with Crippen molar-refractivity contribution in [3.05, 3.63) is 11.9 Å².